The maximum absolute atomic E-state index is 12.5. The van der Waals surface area contributed by atoms with E-state index >= 15 is 0 Å². The van der Waals surface area contributed by atoms with Gasteiger partial charge in [-0.2, -0.15) is 13.2 Å². The van der Waals surface area contributed by atoms with Gasteiger partial charge in [0.2, 0.25) is 0 Å². The number of benzene rings is 1. The lowest BCUT2D eigenvalue weighted by Crippen LogP contribution is -2.04. The number of esters is 1. The van der Waals surface area contributed by atoms with E-state index < -0.39 is 17.7 Å². The van der Waals surface area contributed by atoms with Crippen molar-refractivity contribution in [2.24, 2.45) is 0 Å². The molecule has 0 heterocycles. The molecule has 0 unspecified atom stereocenters. The summed E-state index contributed by atoms with van der Waals surface area (Å²) in [5, 5.41) is 0. The average Bonchev–Trinajstić information content (AvgIpc) is 2.36. The fraction of sp³-hybridized carbons (Fsp3) is 0.357. The molecule has 0 saturated carbocycles. The maximum Gasteiger partial charge on any atom is 0.416 e. The van der Waals surface area contributed by atoms with Crippen molar-refractivity contribution < 1.29 is 22.7 Å². The van der Waals surface area contributed by atoms with Gasteiger partial charge in [0.1, 0.15) is 0 Å². The number of ether oxygens (including phenoxy) is 1. The van der Waals surface area contributed by atoms with Crippen molar-refractivity contribution in [3.63, 3.8) is 0 Å². The number of alkyl halides is 3. The molecule has 0 spiro atoms. The van der Waals surface area contributed by atoms with Crippen molar-refractivity contribution in [2.45, 2.75) is 25.9 Å². The number of unbranched alkanes of at least 4 members (excludes halogenated alkanes) is 1. The Hall–Kier alpha value is -1.78. The molecule has 0 N–H and O–H groups in total. The number of carbonyl (C=O) groups is 1. The third-order valence-electron chi connectivity index (χ3n) is 2.37. The first kappa shape index (κ1) is 15.3. The van der Waals surface area contributed by atoms with E-state index in [1.807, 2.05) is 6.92 Å². The Morgan fingerprint density at radius 3 is 2.74 bits per heavy atom. The van der Waals surface area contributed by atoms with Crippen molar-refractivity contribution in [1.82, 2.24) is 0 Å². The summed E-state index contributed by atoms with van der Waals surface area (Å²) in [5.41, 5.74) is -0.434. The van der Waals surface area contributed by atoms with Gasteiger partial charge < -0.3 is 4.74 Å². The molecule has 0 radical (unpaired) electrons. The molecule has 1 aromatic rings. The number of halogens is 3. The van der Waals surface area contributed by atoms with Crippen molar-refractivity contribution >= 4 is 12.0 Å². The van der Waals surface area contributed by atoms with E-state index in [0.717, 1.165) is 31.1 Å². The predicted molar refractivity (Wildman–Crippen MR) is 66.3 cm³/mol. The van der Waals surface area contributed by atoms with Crippen LogP contribution < -0.4 is 0 Å². The highest BCUT2D eigenvalue weighted by molar-refractivity contribution is 5.87. The van der Waals surface area contributed by atoms with Crippen molar-refractivity contribution in [1.29, 1.82) is 0 Å². The highest BCUT2D eigenvalue weighted by Gasteiger charge is 2.30. The van der Waals surface area contributed by atoms with Gasteiger partial charge in [-0.3, -0.25) is 0 Å². The van der Waals surface area contributed by atoms with E-state index in [2.05, 4.69) is 0 Å². The molecule has 0 fully saturated rings. The van der Waals surface area contributed by atoms with E-state index in [1.54, 1.807) is 0 Å². The lowest BCUT2D eigenvalue weighted by Gasteiger charge is -2.06. The number of carbonyl (C=O) groups excluding carboxylic acids is 1. The minimum atomic E-state index is -4.38. The summed E-state index contributed by atoms with van der Waals surface area (Å²) in [6, 6.07) is 4.75. The fourth-order valence-electron chi connectivity index (χ4n) is 1.35. The Morgan fingerprint density at radius 1 is 1.37 bits per heavy atom. The standard InChI is InChI=1S/C14H15F3O2/c1-2-3-9-19-13(18)8-7-11-5-4-6-12(10-11)14(15,16)17/h4-8,10H,2-3,9H2,1H3. The highest BCUT2D eigenvalue weighted by Crippen LogP contribution is 2.29. The zero-order valence-corrected chi connectivity index (χ0v) is 10.5. The summed E-state index contributed by atoms with van der Waals surface area (Å²) in [6.45, 7) is 2.29. The molecule has 0 saturated heterocycles. The predicted octanol–water partition coefficient (Wildman–Crippen LogP) is 4.06. The van der Waals surface area contributed by atoms with Gasteiger partial charge in [-0.1, -0.05) is 25.5 Å². The summed E-state index contributed by atoms with van der Waals surface area (Å²) >= 11 is 0. The van der Waals surface area contributed by atoms with Gasteiger partial charge in [0.25, 0.3) is 0 Å². The first-order chi connectivity index (χ1) is 8.93. The average molecular weight is 272 g/mol. The van der Waals surface area contributed by atoms with Crippen LogP contribution in [0.1, 0.15) is 30.9 Å². The van der Waals surface area contributed by atoms with Crippen LogP contribution in [0.5, 0.6) is 0 Å². The monoisotopic (exact) mass is 272 g/mol. The van der Waals surface area contributed by atoms with Crippen LogP contribution in [0.4, 0.5) is 13.2 Å². The molecule has 104 valence electrons. The second kappa shape index (κ2) is 6.97. The van der Waals surface area contributed by atoms with Gasteiger partial charge in [0.05, 0.1) is 12.2 Å². The van der Waals surface area contributed by atoms with Crippen LogP contribution in [0.25, 0.3) is 6.08 Å². The molecule has 0 aromatic heterocycles. The van der Waals surface area contributed by atoms with Crippen LogP contribution in [-0.2, 0) is 15.7 Å². The minimum absolute atomic E-state index is 0.308. The number of hydrogen-bond acceptors (Lipinski definition) is 2. The van der Waals surface area contributed by atoms with Crippen LogP contribution in [0.15, 0.2) is 30.3 Å². The summed E-state index contributed by atoms with van der Waals surface area (Å²) in [6.07, 6.45) is -0.270. The van der Waals surface area contributed by atoms with Gasteiger partial charge >= 0.3 is 12.1 Å². The Labute approximate surface area is 109 Å². The largest absolute Gasteiger partial charge is 0.463 e. The third-order valence-corrected chi connectivity index (χ3v) is 2.37. The van der Waals surface area contributed by atoms with Crippen LogP contribution in [-0.4, -0.2) is 12.6 Å². The Morgan fingerprint density at radius 2 is 2.11 bits per heavy atom. The van der Waals surface area contributed by atoms with Gasteiger partial charge in [0, 0.05) is 6.08 Å². The molecule has 0 aliphatic carbocycles. The first-order valence-electron chi connectivity index (χ1n) is 5.95. The van der Waals surface area contributed by atoms with Gasteiger partial charge in [-0.25, -0.2) is 4.79 Å². The number of rotatable bonds is 5. The molecule has 2 nitrogen and oxygen atoms in total. The summed E-state index contributed by atoms with van der Waals surface area (Å²) in [5.74, 6) is -0.550. The van der Waals surface area contributed by atoms with Crippen molar-refractivity contribution in [2.75, 3.05) is 6.61 Å². The molecule has 1 aromatic carbocycles. The highest BCUT2D eigenvalue weighted by atomic mass is 19.4. The molecule has 0 aliphatic rings. The molecular weight excluding hydrogens is 257 g/mol. The molecular formula is C14H15F3O2. The fourth-order valence-corrected chi connectivity index (χ4v) is 1.35. The smallest absolute Gasteiger partial charge is 0.416 e. The topological polar surface area (TPSA) is 26.3 Å². The molecule has 0 amide bonds. The molecule has 1 rings (SSSR count). The van der Waals surface area contributed by atoms with Gasteiger partial charge in [0.15, 0.2) is 0 Å². The van der Waals surface area contributed by atoms with E-state index in [-0.39, 0.29) is 0 Å². The Balaban J connectivity index is 2.64. The van der Waals surface area contributed by atoms with Crippen LogP contribution in [0.2, 0.25) is 0 Å². The van der Waals surface area contributed by atoms with Gasteiger partial charge in [-0.05, 0) is 30.2 Å². The van der Waals surface area contributed by atoms with Crippen LogP contribution >= 0.6 is 0 Å². The minimum Gasteiger partial charge on any atom is -0.463 e. The summed E-state index contributed by atoms with van der Waals surface area (Å²) < 4.78 is 42.2. The quantitative estimate of drug-likeness (QED) is 0.459. The zero-order chi connectivity index (χ0) is 14.3. The van der Waals surface area contributed by atoms with Crippen molar-refractivity contribution in [3.05, 3.63) is 41.5 Å². The zero-order valence-electron chi connectivity index (χ0n) is 10.5. The lowest BCUT2D eigenvalue weighted by atomic mass is 10.1. The van der Waals surface area contributed by atoms with Gasteiger partial charge in [-0.15, -0.1) is 0 Å². The molecule has 5 heteroatoms. The van der Waals surface area contributed by atoms with E-state index in [9.17, 15) is 18.0 Å². The van der Waals surface area contributed by atoms with Crippen molar-refractivity contribution in [3.8, 4) is 0 Å². The van der Waals surface area contributed by atoms with Crippen LogP contribution in [0.3, 0.4) is 0 Å². The molecule has 0 atom stereocenters. The maximum atomic E-state index is 12.5. The second-order valence-electron chi connectivity index (χ2n) is 3.98. The first-order valence-corrected chi connectivity index (χ1v) is 5.95. The molecule has 0 bridgehead atoms. The summed E-state index contributed by atoms with van der Waals surface area (Å²) in [4.78, 5) is 11.2. The number of hydrogen-bond donors (Lipinski definition) is 0. The Kier molecular flexibility index (Phi) is 5.60. The third kappa shape index (κ3) is 5.59. The second-order valence-corrected chi connectivity index (χ2v) is 3.98. The van der Waals surface area contributed by atoms with Crippen LogP contribution in [0, 0.1) is 0 Å². The molecule has 19 heavy (non-hydrogen) atoms. The van der Waals surface area contributed by atoms with E-state index in [4.69, 9.17) is 4.74 Å². The normalized spacial score (nSPS) is 11.8. The van der Waals surface area contributed by atoms with E-state index in [0.29, 0.717) is 12.2 Å². The Bertz CT molecular complexity index is 450. The SMILES string of the molecule is CCCCOC(=O)C=Cc1cccc(C(F)(F)F)c1. The lowest BCUT2D eigenvalue weighted by molar-refractivity contribution is -0.138. The molecule has 0 aliphatic heterocycles. The van der Waals surface area contributed by atoms with E-state index in [1.165, 1.54) is 18.2 Å². The summed E-state index contributed by atoms with van der Waals surface area (Å²) in [7, 11) is 0.